The molecule has 0 saturated carbocycles. The number of allylic oxidation sites excluding steroid dienone is 13. The lowest BCUT2D eigenvalue weighted by Gasteiger charge is -2.28. The van der Waals surface area contributed by atoms with Crippen LogP contribution in [0.25, 0.3) is 0 Å². The summed E-state index contributed by atoms with van der Waals surface area (Å²) in [7, 11) is 1.06. The number of quaternary nitrogens is 1. The molecular formula is C48H82NO9P. The van der Waals surface area contributed by atoms with E-state index in [0.717, 1.165) is 57.8 Å². The lowest BCUT2D eigenvalue weighted by molar-refractivity contribution is -0.870. The smallest absolute Gasteiger partial charge is 0.306 e. The van der Waals surface area contributed by atoms with Crippen molar-refractivity contribution in [2.75, 3.05) is 47.5 Å². The second kappa shape index (κ2) is 39.3. The number of esters is 2. The molecule has 1 unspecified atom stereocenters. The van der Waals surface area contributed by atoms with Gasteiger partial charge in [0.05, 0.1) is 33.9 Å². The van der Waals surface area contributed by atoms with Crippen molar-refractivity contribution in [3.63, 3.8) is 0 Å². The minimum Gasteiger partial charge on any atom is -0.756 e. The Balaban J connectivity index is 4.59. The van der Waals surface area contributed by atoms with Crippen molar-refractivity contribution < 1.29 is 47.2 Å². The molecule has 3 atom stereocenters. The maximum Gasteiger partial charge on any atom is 0.306 e. The number of phosphoric ester groups is 1. The number of nitrogens with zero attached hydrogens (tertiary/aromatic N) is 1. The number of carbonyl (C=O) groups excluding carboxylic acids is 2. The van der Waals surface area contributed by atoms with Crippen LogP contribution in [-0.2, 0) is 32.7 Å². The van der Waals surface area contributed by atoms with Crippen molar-refractivity contribution in [1.82, 2.24) is 0 Å². The molecule has 338 valence electrons. The molecule has 0 bridgehead atoms. The van der Waals surface area contributed by atoms with Crippen LogP contribution in [0.3, 0.4) is 0 Å². The molecule has 0 aromatic rings. The molecule has 0 spiro atoms. The van der Waals surface area contributed by atoms with E-state index >= 15 is 0 Å². The molecule has 0 saturated heterocycles. The van der Waals surface area contributed by atoms with Gasteiger partial charge in [-0.15, -0.1) is 0 Å². The van der Waals surface area contributed by atoms with E-state index in [4.69, 9.17) is 18.5 Å². The van der Waals surface area contributed by atoms with Crippen molar-refractivity contribution in [3.05, 3.63) is 85.1 Å². The van der Waals surface area contributed by atoms with Crippen LogP contribution in [0.1, 0.15) is 149 Å². The molecule has 0 amide bonds. The number of hydrogen-bond donors (Lipinski definition) is 1. The number of likely N-dealkylation sites (N-methyl/N-ethyl adjacent to an activating group) is 1. The van der Waals surface area contributed by atoms with E-state index in [2.05, 4.69) is 56.4 Å². The number of hydrogen-bond acceptors (Lipinski definition) is 9. The Bertz CT molecular complexity index is 1300. The van der Waals surface area contributed by atoms with Crippen LogP contribution in [0.4, 0.5) is 0 Å². The third kappa shape index (κ3) is 43.1. The molecule has 0 aromatic heterocycles. The van der Waals surface area contributed by atoms with Gasteiger partial charge in [0, 0.05) is 12.8 Å². The van der Waals surface area contributed by atoms with Crippen molar-refractivity contribution >= 4 is 19.8 Å². The minimum atomic E-state index is -4.67. The fourth-order valence-electron chi connectivity index (χ4n) is 5.42. The highest BCUT2D eigenvalue weighted by Crippen LogP contribution is 2.38. The first-order valence-electron chi connectivity index (χ1n) is 22.4. The Morgan fingerprint density at radius 2 is 1.14 bits per heavy atom. The van der Waals surface area contributed by atoms with Gasteiger partial charge in [-0.05, 0) is 70.6 Å². The molecule has 0 aliphatic carbocycles. The predicted molar refractivity (Wildman–Crippen MR) is 242 cm³/mol. The molecule has 0 rings (SSSR count). The van der Waals surface area contributed by atoms with Crippen molar-refractivity contribution in [3.8, 4) is 0 Å². The van der Waals surface area contributed by atoms with E-state index < -0.39 is 32.5 Å². The third-order valence-electron chi connectivity index (χ3n) is 8.99. The molecule has 1 N–H and O–H groups in total. The van der Waals surface area contributed by atoms with E-state index in [-0.39, 0.29) is 32.2 Å². The van der Waals surface area contributed by atoms with E-state index in [1.807, 2.05) is 63.7 Å². The van der Waals surface area contributed by atoms with Gasteiger partial charge in [0.25, 0.3) is 7.82 Å². The van der Waals surface area contributed by atoms with Gasteiger partial charge in [-0.3, -0.25) is 14.2 Å². The zero-order valence-corrected chi connectivity index (χ0v) is 38.4. The van der Waals surface area contributed by atoms with E-state index in [9.17, 15) is 24.2 Å². The Hall–Kier alpha value is -2.85. The zero-order valence-electron chi connectivity index (χ0n) is 37.5. The summed E-state index contributed by atoms with van der Waals surface area (Å²) in [6, 6.07) is 0. The van der Waals surface area contributed by atoms with Gasteiger partial charge in [0.2, 0.25) is 0 Å². The summed E-state index contributed by atoms with van der Waals surface area (Å²) < 4.78 is 33.7. The highest BCUT2D eigenvalue weighted by Gasteiger charge is 2.21. The van der Waals surface area contributed by atoms with Crippen LogP contribution in [-0.4, -0.2) is 81.2 Å². The van der Waals surface area contributed by atoms with Gasteiger partial charge in [-0.1, -0.05) is 150 Å². The molecule has 0 aliphatic heterocycles. The number of aliphatic hydroxyl groups is 1. The number of ether oxygens (including phenoxy) is 2. The molecule has 0 fully saturated rings. The SMILES string of the molecule is CCCCCCCC/C=C\C/C=C\C/C=C\CCCC(=O)O[C@H](COC(=O)CCC/C=C\C/C=C\C/C=C\C=C\[C@H](O)CCCCC)COP(=O)([O-])OCC[N+](C)(C)C. The van der Waals surface area contributed by atoms with Crippen molar-refractivity contribution in [2.45, 2.75) is 161 Å². The van der Waals surface area contributed by atoms with Crippen molar-refractivity contribution in [2.24, 2.45) is 0 Å². The average molecular weight is 848 g/mol. The van der Waals surface area contributed by atoms with Gasteiger partial charge >= 0.3 is 11.9 Å². The molecule has 11 heteroatoms. The van der Waals surface area contributed by atoms with Crippen LogP contribution < -0.4 is 4.89 Å². The first-order valence-corrected chi connectivity index (χ1v) is 23.9. The van der Waals surface area contributed by atoms with Crippen molar-refractivity contribution in [1.29, 1.82) is 0 Å². The van der Waals surface area contributed by atoms with Gasteiger partial charge in [-0.25, -0.2) is 0 Å². The molecule has 0 heterocycles. The highest BCUT2D eigenvalue weighted by molar-refractivity contribution is 7.45. The maximum absolute atomic E-state index is 12.7. The second-order valence-electron chi connectivity index (χ2n) is 15.9. The molecule has 10 nitrogen and oxygen atoms in total. The molecule has 0 radical (unpaired) electrons. The number of carbonyl (C=O) groups is 2. The summed E-state index contributed by atoms with van der Waals surface area (Å²) in [5.74, 6) is -0.996. The summed E-state index contributed by atoms with van der Waals surface area (Å²) in [4.78, 5) is 37.5. The van der Waals surface area contributed by atoms with Gasteiger partial charge in [0.1, 0.15) is 19.8 Å². The van der Waals surface area contributed by atoms with Crippen LogP contribution in [0.5, 0.6) is 0 Å². The second-order valence-corrected chi connectivity index (χ2v) is 17.3. The number of unbranched alkanes of at least 4 members (excludes halogenated alkanes) is 10. The molecule has 0 aromatic carbocycles. The average Bonchev–Trinajstić information content (AvgIpc) is 3.18. The van der Waals surface area contributed by atoms with Gasteiger partial charge in [-0.2, -0.15) is 0 Å². The summed E-state index contributed by atoms with van der Waals surface area (Å²) in [5.41, 5.74) is 0. The Kier molecular flexibility index (Phi) is 37.4. The summed E-state index contributed by atoms with van der Waals surface area (Å²) in [6.45, 7) is 3.93. The lowest BCUT2D eigenvalue weighted by Crippen LogP contribution is -2.37. The molecular weight excluding hydrogens is 766 g/mol. The monoisotopic (exact) mass is 848 g/mol. The van der Waals surface area contributed by atoms with Crippen LogP contribution in [0, 0.1) is 0 Å². The van der Waals surface area contributed by atoms with Gasteiger partial charge < -0.3 is 33.0 Å². The Morgan fingerprint density at radius 3 is 1.73 bits per heavy atom. The van der Waals surface area contributed by atoms with Crippen LogP contribution in [0.15, 0.2) is 85.1 Å². The first kappa shape index (κ1) is 56.1. The number of rotatable bonds is 39. The summed E-state index contributed by atoms with van der Waals surface area (Å²) in [6.07, 6.45) is 46.7. The zero-order chi connectivity index (χ0) is 43.7. The number of aliphatic hydroxyl groups excluding tert-OH is 1. The molecule has 59 heavy (non-hydrogen) atoms. The lowest BCUT2D eigenvalue weighted by atomic mass is 10.1. The minimum absolute atomic E-state index is 0.0604. The van der Waals surface area contributed by atoms with E-state index in [1.54, 1.807) is 0 Å². The predicted octanol–water partition coefficient (Wildman–Crippen LogP) is 11.1. The largest absolute Gasteiger partial charge is 0.756 e. The Morgan fingerprint density at radius 1 is 0.627 bits per heavy atom. The summed E-state index contributed by atoms with van der Waals surface area (Å²) >= 11 is 0. The first-order chi connectivity index (χ1) is 28.4. The normalized spacial score (nSPS) is 14.9. The van der Waals surface area contributed by atoms with Crippen LogP contribution in [0.2, 0.25) is 0 Å². The third-order valence-corrected chi connectivity index (χ3v) is 9.96. The Labute approximate surface area is 359 Å². The van der Waals surface area contributed by atoms with Crippen LogP contribution >= 0.6 is 7.82 Å². The number of phosphoric acid groups is 1. The standard InChI is InChI=1S/C48H82NO9P/c1-6-8-10-11-12-13-14-15-16-17-18-19-22-26-29-32-36-40-48(52)58-46(44-57-59(53,54)56-42-41-49(3,4)5)43-55-47(51)39-35-31-28-25-23-20-21-24-27-30-34-38-45(50)37-33-9-7-2/h15-16,18-21,25-30,34,38,45-46,50H,6-14,17,22-24,31-33,35-37,39-44H2,1-5H3/b16-15-,19-18-,21-20-,28-25-,29-26-,30-27-,38-34+/t45-,46-/m1/s1. The molecule has 0 aliphatic rings. The fourth-order valence-corrected chi connectivity index (χ4v) is 6.15. The quantitative estimate of drug-likeness (QED) is 0.0160. The fraction of sp³-hybridized carbons (Fsp3) is 0.667. The topological polar surface area (TPSA) is 131 Å². The maximum atomic E-state index is 12.7. The summed E-state index contributed by atoms with van der Waals surface area (Å²) in [5, 5.41) is 9.90. The van der Waals surface area contributed by atoms with Gasteiger partial charge in [0.15, 0.2) is 6.10 Å². The van der Waals surface area contributed by atoms with E-state index in [0.29, 0.717) is 36.7 Å². The van der Waals surface area contributed by atoms with E-state index in [1.165, 1.54) is 38.5 Å². The highest BCUT2D eigenvalue weighted by atomic mass is 31.2.